The number of allylic oxidation sites excluding steroid dienone is 4. The molecule has 2 unspecified atom stereocenters. The second-order valence-corrected chi connectivity index (χ2v) is 15.5. The highest BCUT2D eigenvalue weighted by molar-refractivity contribution is 6.01. The molecule has 9 atom stereocenters. The zero-order valence-electron chi connectivity index (χ0n) is 30.3. The van der Waals surface area contributed by atoms with Crippen LogP contribution in [0.15, 0.2) is 48.1 Å². The maximum Gasteiger partial charge on any atom is 0.407 e. The van der Waals surface area contributed by atoms with Gasteiger partial charge < -0.3 is 41.0 Å². The Balaban J connectivity index is 1.07. The molecule has 5 aliphatic rings. The number of anilines is 1. The molecule has 0 aromatic heterocycles. The van der Waals surface area contributed by atoms with E-state index in [9.17, 15) is 29.1 Å². The number of rotatable bonds is 13. The molecule has 282 valence electrons. The van der Waals surface area contributed by atoms with Crippen LogP contribution >= 0.6 is 0 Å². The third-order valence-electron chi connectivity index (χ3n) is 12.4. The molecule has 3 saturated carbocycles. The highest BCUT2D eigenvalue weighted by Crippen LogP contribution is 2.69. The molecule has 13 heteroatoms. The number of urea groups is 1. The average molecular weight is 721 g/mol. The van der Waals surface area contributed by atoms with Gasteiger partial charge in [0.2, 0.25) is 5.91 Å². The van der Waals surface area contributed by atoms with Crippen LogP contribution in [0.25, 0.3) is 0 Å². The summed E-state index contributed by atoms with van der Waals surface area (Å²) in [7, 11) is 0. The number of amides is 4. The van der Waals surface area contributed by atoms with Gasteiger partial charge in [-0.2, -0.15) is 0 Å². The predicted octanol–water partition coefficient (Wildman–Crippen LogP) is 4.43. The van der Waals surface area contributed by atoms with Crippen molar-refractivity contribution in [3.05, 3.63) is 53.6 Å². The number of benzene rings is 1. The van der Waals surface area contributed by atoms with Crippen molar-refractivity contribution in [3.63, 3.8) is 0 Å². The Morgan fingerprint density at radius 1 is 1.10 bits per heavy atom. The number of hydrogen-bond acceptors (Lipinski definition) is 9. The minimum Gasteiger partial charge on any atom is -0.445 e. The van der Waals surface area contributed by atoms with E-state index in [0.29, 0.717) is 56.3 Å². The van der Waals surface area contributed by atoms with E-state index in [1.165, 1.54) is 0 Å². The molecule has 1 aromatic carbocycles. The van der Waals surface area contributed by atoms with E-state index >= 15 is 0 Å². The van der Waals surface area contributed by atoms with E-state index in [1.807, 2.05) is 13.0 Å². The molecule has 4 amide bonds. The third-order valence-corrected chi connectivity index (χ3v) is 12.4. The van der Waals surface area contributed by atoms with Gasteiger partial charge in [-0.05, 0) is 86.6 Å². The number of primary amides is 1. The van der Waals surface area contributed by atoms with Gasteiger partial charge >= 0.3 is 12.1 Å². The number of hydrogen-bond donors (Lipinski definition) is 5. The van der Waals surface area contributed by atoms with Crippen molar-refractivity contribution in [2.75, 3.05) is 18.4 Å². The number of fused-ring (bicyclic) bond motifs is 7. The minimum absolute atomic E-state index is 0.0177. The summed E-state index contributed by atoms with van der Waals surface area (Å²) in [6.07, 6.45) is 8.22. The van der Waals surface area contributed by atoms with Crippen LogP contribution in [0, 0.1) is 28.6 Å². The molecule has 1 aromatic rings. The maximum atomic E-state index is 14.4. The number of carbonyl (C=O) groups is 5. The van der Waals surface area contributed by atoms with E-state index in [4.69, 9.17) is 19.9 Å². The molecular weight excluding hydrogens is 668 g/mol. The topological polar surface area (TPSA) is 195 Å². The number of Topliss-reactive ketones (excluding diaryl/α,β-unsaturated/α-hetero) is 1. The van der Waals surface area contributed by atoms with E-state index in [1.54, 1.807) is 36.4 Å². The fourth-order valence-corrected chi connectivity index (χ4v) is 10.0. The first-order valence-electron chi connectivity index (χ1n) is 18.6. The van der Waals surface area contributed by atoms with Gasteiger partial charge in [0.05, 0.1) is 18.8 Å². The summed E-state index contributed by atoms with van der Waals surface area (Å²) in [5.41, 5.74) is 4.87. The molecule has 4 fully saturated rings. The van der Waals surface area contributed by atoms with Crippen LogP contribution in [0.5, 0.6) is 0 Å². The molecule has 1 aliphatic heterocycles. The minimum atomic E-state index is -1.34. The highest BCUT2D eigenvalue weighted by Gasteiger charge is 2.75. The first kappa shape index (κ1) is 37.7. The lowest BCUT2D eigenvalue weighted by atomic mass is 9.46. The monoisotopic (exact) mass is 720 g/mol. The van der Waals surface area contributed by atoms with Crippen LogP contribution in [-0.4, -0.2) is 71.9 Å². The maximum absolute atomic E-state index is 14.4. The fraction of sp³-hybridized carbons (Fsp3) is 0.615. The van der Waals surface area contributed by atoms with Crippen molar-refractivity contribution < 1.29 is 43.3 Å². The summed E-state index contributed by atoms with van der Waals surface area (Å²) in [6.45, 7) is 6.25. The summed E-state index contributed by atoms with van der Waals surface area (Å²) in [5.74, 6) is -0.443. The zero-order chi connectivity index (χ0) is 37.3. The van der Waals surface area contributed by atoms with Crippen LogP contribution in [-0.2, 0) is 35.2 Å². The number of ketones is 2. The smallest absolute Gasteiger partial charge is 0.407 e. The Labute approximate surface area is 304 Å². The molecule has 4 aliphatic carbocycles. The first-order valence-corrected chi connectivity index (χ1v) is 18.6. The van der Waals surface area contributed by atoms with Gasteiger partial charge in [-0.3, -0.25) is 14.4 Å². The van der Waals surface area contributed by atoms with Gasteiger partial charge in [-0.15, -0.1) is 0 Å². The van der Waals surface area contributed by atoms with Gasteiger partial charge in [0, 0.05) is 35.4 Å². The van der Waals surface area contributed by atoms with Crippen LogP contribution in [0.3, 0.4) is 0 Å². The lowest BCUT2D eigenvalue weighted by Gasteiger charge is -2.59. The van der Waals surface area contributed by atoms with Crippen molar-refractivity contribution >= 4 is 35.3 Å². The van der Waals surface area contributed by atoms with Gasteiger partial charge in [-0.25, -0.2) is 9.59 Å². The van der Waals surface area contributed by atoms with E-state index < -0.39 is 47.1 Å². The number of alkyl carbamates (subject to hydrolysis) is 1. The van der Waals surface area contributed by atoms with Crippen molar-refractivity contribution in [1.82, 2.24) is 10.6 Å². The van der Waals surface area contributed by atoms with Crippen LogP contribution in [0.2, 0.25) is 0 Å². The number of aliphatic hydroxyl groups is 1. The quantitative estimate of drug-likeness (QED) is 0.183. The lowest BCUT2D eigenvalue weighted by Crippen LogP contribution is -2.64. The van der Waals surface area contributed by atoms with Crippen LogP contribution in [0.4, 0.5) is 15.3 Å². The number of nitrogens with one attached hydrogen (secondary N) is 3. The van der Waals surface area contributed by atoms with E-state index in [-0.39, 0.29) is 48.4 Å². The van der Waals surface area contributed by atoms with E-state index in [0.717, 1.165) is 24.8 Å². The van der Waals surface area contributed by atoms with Crippen molar-refractivity contribution in [1.29, 1.82) is 0 Å². The van der Waals surface area contributed by atoms with Crippen LogP contribution in [0.1, 0.15) is 84.1 Å². The summed E-state index contributed by atoms with van der Waals surface area (Å²) < 4.78 is 18.6. The number of nitrogens with two attached hydrogens (primary N) is 1. The molecule has 1 heterocycles. The van der Waals surface area contributed by atoms with Crippen LogP contribution < -0.4 is 21.7 Å². The number of ether oxygens (including phenoxy) is 3. The summed E-state index contributed by atoms with van der Waals surface area (Å²) in [6, 6.07) is 6.30. The van der Waals surface area contributed by atoms with Gasteiger partial charge in [0.25, 0.3) is 0 Å². The molecular formula is C39H52N4O9. The standard InChI is InChI=1S/C39H52N4O9/c1-4-7-33-51-31-19-28-27-14-11-24-18-26(44)15-16-37(24,2)34(27)29(45)20-38(28,3)39(31,52-33)30(46)21-42-36(49)50-22-23-9-12-25(13-10-23)43-32(47)8-5-6-17-41-35(40)48/h9-10,12-13,15-16,18,27-29,31,33-34,45H,4-8,11,14,17,19-22H2,1-3H3,(H,42,49)(H,43,47)(H3,40,41,48)/t27-,28?,29-,31+,33-,34?,37-,38-,39+/m0/s1. The summed E-state index contributed by atoms with van der Waals surface area (Å²) >= 11 is 0. The second-order valence-electron chi connectivity index (χ2n) is 15.5. The normalized spacial score (nSPS) is 34.2. The van der Waals surface area contributed by atoms with E-state index in [2.05, 4.69) is 29.8 Å². The zero-order valence-corrected chi connectivity index (χ0v) is 30.3. The Hall–Kier alpha value is -4.07. The van der Waals surface area contributed by atoms with Crippen molar-refractivity contribution in [2.24, 2.45) is 34.3 Å². The largest absolute Gasteiger partial charge is 0.445 e. The molecule has 0 spiro atoms. The van der Waals surface area contributed by atoms with Gasteiger partial charge in [-0.1, -0.05) is 51.0 Å². The average Bonchev–Trinajstić information content (AvgIpc) is 3.58. The highest BCUT2D eigenvalue weighted by atomic mass is 16.7. The Kier molecular flexibility index (Phi) is 11.0. The SMILES string of the molecule is CCC[C@H]1O[C@@H]2CC3[C@@H]4CCC5=CC(=O)C=C[C@]5(C)C4[C@@H](O)C[C@]3(C)[C@]2(C(=O)CNC(=O)OCc2ccc(NC(=O)CCCCNC(N)=O)cc2)O1. The predicted molar refractivity (Wildman–Crippen MR) is 190 cm³/mol. The second kappa shape index (κ2) is 15.1. The van der Waals surface area contributed by atoms with Gasteiger partial charge in [0.15, 0.2) is 23.5 Å². The number of unbranched alkanes of at least 4 members (excludes halogenated alkanes) is 1. The molecule has 0 bridgehead atoms. The summed E-state index contributed by atoms with van der Waals surface area (Å²) in [4.78, 5) is 62.5. The molecule has 6 rings (SSSR count). The molecule has 13 nitrogen and oxygen atoms in total. The van der Waals surface area contributed by atoms with Crippen molar-refractivity contribution in [2.45, 2.75) is 109 Å². The third kappa shape index (κ3) is 7.02. The first-order chi connectivity index (χ1) is 24.8. The number of aliphatic hydroxyl groups excluding tert-OH is 1. The Morgan fingerprint density at radius 3 is 2.60 bits per heavy atom. The van der Waals surface area contributed by atoms with Gasteiger partial charge in [0.1, 0.15) is 6.61 Å². The molecule has 6 N–H and O–H groups in total. The Bertz CT molecular complexity index is 1630. The number of carbonyl (C=O) groups excluding carboxylic acids is 5. The molecule has 0 radical (unpaired) electrons. The molecule has 1 saturated heterocycles. The summed E-state index contributed by atoms with van der Waals surface area (Å²) in [5, 5.41) is 19.9. The lowest BCUT2D eigenvalue weighted by molar-refractivity contribution is -0.198. The fourth-order valence-electron chi connectivity index (χ4n) is 10.0. The Morgan fingerprint density at radius 2 is 1.87 bits per heavy atom. The van der Waals surface area contributed by atoms with Crippen molar-refractivity contribution in [3.8, 4) is 0 Å². The molecule has 52 heavy (non-hydrogen) atoms.